The molecule has 9 heteroatoms. The van der Waals surface area contributed by atoms with Crippen molar-refractivity contribution in [3.8, 4) is 11.5 Å². The molecule has 0 spiro atoms. The number of nitrogens with zero attached hydrogens (tertiary/aromatic N) is 4. The number of carboxylic acids is 1. The van der Waals surface area contributed by atoms with E-state index in [1.165, 1.54) is 0 Å². The van der Waals surface area contributed by atoms with Gasteiger partial charge >= 0.3 is 5.97 Å². The van der Waals surface area contributed by atoms with E-state index in [1.807, 2.05) is 32.2 Å². The lowest BCUT2D eigenvalue weighted by Gasteiger charge is -2.34. The summed E-state index contributed by atoms with van der Waals surface area (Å²) in [6.45, 7) is 4.62. The van der Waals surface area contributed by atoms with Crippen molar-refractivity contribution in [3.05, 3.63) is 60.2 Å². The molecule has 4 rings (SSSR count). The summed E-state index contributed by atoms with van der Waals surface area (Å²) in [7, 11) is 1.82. The standard InChI is InChI=1S/C27H32N4O5/c1-4-8-22-24-25(30(3)29-22)26(32)31(18(2)28-24)15-16-35-20-13-11-19(12-14-20)17-23(27(33)34)36-21-9-6-5-7-10-21/h5-7,9-14,23-25H,4,8,15-17H2,1-3H3,(H,33,34)/t23-,24?,25?/m1/s1. The van der Waals surface area contributed by atoms with Crippen LogP contribution >= 0.6 is 0 Å². The van der Waals surface area contributed by atoms with Crippen molar-refractivity contribution in [1.82, 2.24) is 9.91 Å². The Bertz CT molecular complexity index is 1130. The summed E-state index contributed by atoms with van der Waals surface area (Å²) in [6, 6.07) is 15.5. The Labute approximate surface area is 211 Å². The number of fused-ring (bicyclic) bond motifs is 1. The summed E-state index contributed by atoms with van der Waals surface area (Å²) in [6.07, 6.45) is 1.03. The molecule has 2 aliphatic heterocycles. The molecule has 0 saturated heterocycles. The van der Waals surface area contributed by atoms with Crippen molar-refractivity contribution < 1.29 is 24.2 Å². The van der Waals surface area contributed by atoms with Crippen LogP contribution in [0.1, 0.15) is 32.3 Å². The fourth-order valence-electron chi connectivity index (χ4n) is 4.50. The number of amidine groups is 1. The fraction of sp³-hybridized carbons (Fsp3) is 0.407. The van der Waals surface area contributed by atoms with Crippen LogP contribution in [0.2, 0.25) is 0 Å². The zero-order valence-electron chi connectivity index (χ0n) is 20.8. The molecular weight excluding hydrogens is 460 g/mol. The minimum Gasteiger partial charge on any atom is -0.492 e. The van der Waals surface area contributed by atoms with E-state index in [2.05, 4.69) is 12.0 Å². The first-order chi connectivity index (χ1) is 17.4. The molecule has 2 unspecified atom stereocenters. The highest BCUT2D eigenvalue weighted by molar-refractivity contribution is 6.08. The van der Waals surface area contributed by atoms with E-state index in [9.17, 15) is 14.7 Å². The third-order valence-electron chi connectivity index (χ3n) is 6.30. The van der Waals surface area contributed by atoms with E-state index in [4.69, 9.17) is 14.5 Å². The molecule has 2 aromatic carbocycles. The molecule has 0 aliphatic carbocycles. The van der Waals surface area contributed by atoms with Crippen LogP contribution in [0.15, 0.2) is 64.7 Å². The van der Waals surface area contributed by atoms with E-state index in [0.717, 1.165) is 24.1 Å². The van der Waals surface area contributed by atoms with Gasteiger partial charge in [-0.25, -0.2) is 4.79 Å². The molecule has 190 valence electrons. The first kappa shape index (κ1) is 25.2. The number of aliphatic carboxylic acids is 1. The number of benzene rings is 2. The highest BCUT2D eigenvalue weighted by Crippen LogP contribution is 2.26. The molecule has 2 aliphatic rings. The van der Waals surface area contributed by atoms with E-state index < -0.39 is 18.1 Å². The minimum absolute atomic E-state index is 0.0121. The number of carbonyl (C=O) groups is 2. The predicted molar refractivity (Wildman–Crippen MR) is 137 cm³/mol. The summed E-state index contributed by atoms with van der Waals surface area (Å²) >= 11 is 0. The second kappa shape index (κ2) is 11.2. The Morgan fingerprint density at radius 1 is 1.11 bits per heavy atom. The van der Waals surface area contributed by atoms with Crippen molar-refractivity contribution in [2.75, 3.05) is 20.2 Å². The molecule has 1 amide bonds. The van der Waals surface area contributed by atoms with E-state index in [0.29, 0.717) is 30.5 Å². The van der Waals surface area contributed by atoms with Gasteiger partial charge in [-0.1, -0.05) is 43.7 Å². The zero-order valence-corrected chi connectivity index (χ0v) is 20.8. The smallest absolute Gasteiger partial charge is 0.345 e. The van der Waals surface area contributed by atoms with Crippen molar-refractivity contribution in [1.29, 1.82) is 0 Å². The summed E-state index contributed by atoms with van der Waals surface area (Å²) in [4.78, 5) is 31.3. The number of hydrogen-bond donors (Lipinski definition) is 1. The maximum absolute atomic E-state index is 13.2. The molecule has 0 bridgehead atoms. The molecule has 2 heterocycles. The maximum atomic E-state index is 13.2. The van der Waals surface area contributed by atoms with Crippen LogP contribution in [-0.4, -0.2) is 76.8 Å². The van der Waals surface area contributed by atoms with Crippen molar-refractivity contribution in [2.45, 2.75) is 51.3 Å². The van der Waals surface area contributed by atoms with Gasteiger partial charge in [0.25, 0.3) is 5.91 Å². The van der Waals surface area contributed by atoms with E-state index in [-0.39, 0.29) is 18.4 Å². The number of amides is 1. The number of likely N-dealkylation sites (N-methyl/N-ethyl adjacent to an activating group) is 1. The number of hydrazone groups is 1. The Morgan fingerprint density at radius 2 is 1.83 bits per heavy atom. The summed E-state index contributed by atoms with van der Waals surface area (Å²) < 4.78 is 11.5. The normalized spacial score (nSPS) is 19.9. The van der Waals surface area contributed by atoms with Gasteiger partial charge in [0.2, 0.25) is 0 Å². The van der Waals surface area contributed by atoms with Gasteiger partial charge in [-0.2, -0.15) is 5.10 Å². The van der Waals surface area contributed by atoms with E-state index in [1.54, 1.807) is 46.3 Å². The van der Waals surface area contributed by atoms with Crippen LogP contribution in [0.4, 0.5) is 0 Å². The number of rotatable bonds is 11. The second-order valence-corrected chi connectivity index (χ2v) is 8.93. The molecule has 0 fully saturated rings. The van der Waals surface area contributed by atoms with Gasteiger partial charge in [0.1, 0.15) is 30.0 Å². The average Bonchev–Trinajstić information content (AvgIpc) is 3.17. The number of aliphatic imine (C=N–C) groups is 1. The molecule has 36 heavy (non-hydrogen) atoms. The third-order valence-corrected chi connectivity index (χ3v) is 6.30. The lowest BCUT2D eigenvalue weighted by Crippen LogP contribution is -2.56. The van der Waals surface area contributed by atoms with Crippen LogP contribution in [0.25, 0.3) is 0 Å². The number of ether oxygens (including phenoxy) is 2. The van der Waals surface area contributed by atoms with Gasteiger partial charge in [-0.05, 0) is 43.2 Å². The lowest BCUT2D eigenvalue weighted by molar-refractivity contribution is -0.145. The van der Waals surface area contributed by atoms with Crippen molar-refractivity contribution in [3.63, 3.8) is 0 Å². The molecule has 9 nitrogen and oxygen atoms in total. The van der Waals surface area contributed by atoms with Gasteiger partial charge in [-0.3, -0.25) is 19.7 Å². The molecule has 1 N–H and O–H groups in total. The summed E-state index contributed by atoms with van der Waals surface area (Å²) in [5.41, 5.74) is 1.78. The predicted octanol–water partition coefficient (Wildman–Crippen LogP) is 3.24. The molecule has 2 aromatic rings. The number of carboxylic acid groups (broad SMARTS) is 1. The Balaban J connectivity index is 1.31. The largest absolute Gasteiger partial charge is 0.492 e. The fourth-order valence-corrected chi connectivity index (χ4v) is 4.50. The van der Waals surface area contributed by atoms with Crippen molar-refractivity contribution in [2.24, 2.45) is 10.1 Å². The Kier molecular flexibility index (Phi) is 7.87. The zero-order chi connectivity index (χ0) is 25.7. The van der Waals surface area contributed by atoms with Crippen LogP contribution < -0.4 is 9.47 Å². The Morgan fingerprint density at radius 3 is 2.50 bits per heavy atom. The van der Waals surface area contributed by atoms with Crippen LogP contribution in [0.3, 0.4) is 0 Å². The Hall–Kier alpha value is -3.88. The first-order valence-corrected chi connectivity index (χ1v) is 12.2. The molecule has 0 aromatic heterocycles. The number of para-hydroxylation sites is 1. The number of hydrogen-bond acceptors (Lipinski definition) is 7. The highest BCUT2D eigenvalue weighted by atomic mass is 16.5. The average molecular weight is 493 g/mol. The minimum atomic E-state index is -1.02. The third kappa shape index (κ3) is 5.67. The first-order valence-electron chi connectivity index (χ1n) is 12.2. The lowest BCUT2D eigenvalue weighted by atomic mass is 9.98. The van der Waals surface area contributed by atoms with Gasteiger partial charge < -0.3 is 14.6 Å². The summed E-state index contributed by atoms with van der Waals surface area (Å²) in [5.74, 6) is 0.793. The van der Waals surface area contributed by atoms with Gasteiger partial charge in [0.15, 0.2) is 12.1 Å². The van der Waals surface area contributed by atoms with Crippen LogP contribution in [0.5, 0.6) is 11.5 Å². The molecule has 3 atom stereocenters. The van der Waals surface area contributed by atoms with Gasteiger partial charge in [0.05, 0.1) is 12.3 Å². The monoisotopic (exact) mass is 492 g/mol. The number of carbonyl (C=O) groups excluding carboxylic acids is 1. The molecule has 0 radical (unpaired) electrons. The van der Waals surface area contributed by atoms with E-state index >= 15 is 0 Å². The topological polar surface area (TPSA) is 104 Å². The van der Waals surface area contributed by atoms with Gasteiger partial charge in [0, 0.05) is 13.5 Å². The van der Waals surface area contributed by atoms with Gasteiger partial charge in [-0.15, -0.1) is 0 Å². The SMILES string of the molecule is CCCC1=NN(C)C2C(=O)N(CCOc3ccc(C[C@@H](Oc4ccccc4)C(=O)O)cc3)C(C)=NC12. The quantitative estimate of drug-likeness (QED) is 0.517. The van der Waals surface area contributed by atoms with Crippen LogP contribution in [-0.2, 0) is 16.0 Å². The molecule has 0 saturated carbocycles. The van der Waals surface area contributed by atoms with Crippen molar-refractivity contribution >= 4 is 23.4 Å². The second-order valence-electron chi connectivity index (χ2n) is 8.93. The highest BCUT2D eigenvalue weighted by Gasteiger charge is 2.45. The van der Waals surface area contributed by atoms with Crippen LogP contribution in [0, 0.1) is 0 Å². The molecular formula is C27H32N4O5. The maximum Gasteiger partial charge on any atom is 0.345 e. The summed E-state index contributed by atoms with van der Waals surface area (Å²) in [5, 5.41) is 15.8.